The third-order valence-electron chi connectivity index (χ3n) is 6.01. The molecule has 0 aliphatic heterocycles. The molecule has 2 saturated carbocycles. The third-order valence-corrected chi connectivity index (χ3v) is 6.01. The van der Waals surface area contributed by atoms with Gasteiger partial charge in [0.2, 0.25) is 0 Å². The molecular formula is C20H32N2O2. The van der Waals surface area contributed by atoms with Gasteiger partial charge in [0.1, 0.15) is 12.4 Å². The number of benzene rings is 1. The first-order chi connectivity index (χ1) is 11.6. The fraction of sp³-hybridized carbons (Fsp3) is 0.700. The zero-order valence-corrected chi connectivity index (χ0v) is 15.3. The highest BCUT2D eigenvalue weighted by Crippen LogP contribution is 2.46. The average Bonchev–Trinajstić information content (AvgIpc) is 3.12. The third kappa shape index (κ3) is 4.11. The number of rotatable bonds is 7. The highest BCUT2D eigenvalue weighted by atomic mass is 16.5. The van der Waals surface area contributed by atoms with E-state index < -0.39 is 0 Å². The van der Waals surface area contributed by atoms with E-state index in [0.29, 0.717) is 12.6 Å². The van der Waals surface area contributed by atoms with Crippen LogP contribution in [0.1, 0.15) is 31.2 Å². The molecule has 0 bridgehead atoms. The van der Waals surface area contributed by atoms with Crippen LogP contribution in [-0.2, 0) is 6.54 Å². The van der Waals surface area contributed by atoms with Crippen LogP contribution in [0.5, 0.6) is 5.75 Å². The van der Waals surface area contributed by atoms with E-state index in [1.807, 2.05) is 12.1 Å². The predicted octanol–water partition coefficient (Wildman–Crippen LogP) is 2.61. The molecule has 0 amide bonds. The van der Waals surface area contributed by atoms with Crippen molar-refractivity contribution in [1.82, 2.24) is 9.80 Å². The van der Waals surface area contributed by atoms with Gasteiger partial charge in [0.05, 0.1) is 6.61 Å². The Kier molecular flexibility index (Phi) is 5.80. The first-order valence-electron chi connectivity index (χ1n) is 9.26. The standard InChI is InChI=1S/C20H32N2O2/c1-21(2)18-10-16-12-19(13-17(16)11-18)22(3)14-15-5-4-6-20(9-15)24-8-7-23/h4-6,9,16-19,23H,7-8,10-14H2,1-3H3/t16-,17+,18?,19?. The maximum absolute atomic E-state index is 8.88. The molecule has 0 spiro atoms. The molecule has 0 aromatic heterocycles. The quantitative estimate of drug-likeness (QED) is 0.833. The molecule has 134 valence electrons. The number of fused-ring (bicyclic) bond motifs is 1. The molecule has 0 radical (unpaired) electrons. The highest BCUT2D eigenvalue weighted by molar-refractivity contribution is 5.28. The van der Waals surface area contributed by atoms with Crippen LogP contribution in [0.4, 0.5) is 0 Å². The summed E-state index contributed by atoms with van der Waals surface area (Å²) in [6.45, 7) is 1.39. The predicted molar refractivity (Wildman–Crippen MR) is 97.2 cm³/mol. The number of ether oxygens (including phenoxy) is 1. The molecule has 24 heavy (non-hydrogen) atoms. The van der Waals surface area contributed by atoms with Crippen molar-refractivity contribution in [2.45, 2.75) is 44.3 Å². The number of nitrogens with zero attached hydrogens (tertiary/aromatic N) is 2. The van der Waals surface area contributed by atoms with E-state index in [2.05, 4.69) is 43.1 Å². The Bertz CT molecular complexity index is 520. The highest BCUT2D eigenvalue weighted by Gasteiger charge is 2.43. The van der Waals surface area contributed by atoms with Crippen LogP contribution in [0.25, 0.3) is 0 Å². The van der Waals surface area contributed by atoms with Gasteiger partial charge in [-0.2, -0.15) is 0 Å². The normalized spacial score (nSPS) is 29.4. The number of aliphatic hydroxyl groups is 1. The Hall–Kier alpha value is -1.10. The molecule has 1 N–H and O–H groups in total. The Morgan fingerprint density at radius 3 is 2.33 bits per heavy atom. The lowest BCUT2D eigenvalue weighted by molar-refractivity contribution is 0.200. The Morgan fingerprint density at radius 1 is 1.04 bits per heavy atom. The maximum atomic E-state index is 8.88. The molecule has 1 aromatic rings. The Balaban J connectivity index is 1.53. The van der Waals surface area contributed by atoms with Gasteiger partial charge in [-0.05, 0) is 76.4 Å². The number of hydrogen-bond donors (Lipinski definition) is 1. The van der Waals surface area contributed by atoms with Gasteiger partial charge < -0.3 is 14.7 Å². The summed E-state index contributed by atoms with van der Waals surface area (Å²) in [6.07, 6.45) is 5.47. The van der Waals surface area contributed by atoms with E-state index in [4.69, 9.17) is 9.84 Å². The monoisotopic (exact) mass is 332 g/mol. The largest absolute Gasteiger partial charge is 0.491 e. The van der Waals surface area contributed by atoms with Gasteiger partial charge in [0.25, 0.3) is 0 Å². The van der Waals surface area contributed by atoms with Gasteiger partial charge in [-0.1, -0.05) is 12.1 Å². The SMILES string of the molecule is CN(C)C1C[C@@H]2CC(N(C)Cc3cccc(OCCO)c3)C[C@@H]2C1. The molecule has 0 saturated heterocycles. The summed E-state index contributed by atoms with van der Waals surface area (Å²) in [5.41, 5.74) is 1.29. The van der Waals surface area contributed by atoms with Gasteiger partial charge >= 0.3 is 0 Å². The summed E-state index contributed by atoms with van der Waals surface area (Å²) in [5.74, 6) is 2.69. The van der Waals surface area contributed by atoms with Crippen molar-refractivity contribution >= 4 is 0 Å². The van der Waals surface area contributed by atoms with Crippen molar-refractivity contribution in [1.29, 1.82) is 0 Å². The van der Waals surface area contributed by atoms with Crippen molar-refractivity contribution in [3.63, 3.8) is 0 Å². The van der Waals surface area contributed by atoms with Crippen LogP contribution >= 0.6 is 0 Å². The zero-order chi connectivity index (χ0) is 17.1. The fourth-order valence-corrected chi connectivity index (χ4v) is 4.65. The number of hydrogen-bond acceptors (Lipinski definition) is 4. The summed E-state index contributed by atoms with van der Waals surface area (Å²) >= 11 is 0. The van der Waals surface area contributed by atoms with E-state index in [-0.39, 0.29) is 6.61 Å². The van der Waals surface area contributed by atoms with Gasteiger partial charge in [-0.25, -0.2) is 0 Å². The summed E-state index contributed by atoms with van der Waals surface area (Å²) in [6, 6.07) is 9.78. The maximum Gasteiger partial charge on any atom is 0.119 e. The summed E-state index contributed by atoms with van der Waals surface area (Å²) in [7, 11) is 6.71. The van der Waals surface area contributed by atoms with E-state index in [1.165, 1.54) is 31.2 Å². The van der Waals surface area contributed by atoms with Crippen molar-refractivity contribution in [2.24, 2.45) is 11.8 Å². The summed E-state index contributed by atoms with van der Waals surface area (Å²) in [4.78, 5) is 4.93. The summed E-state index contributed by atoms with van der Waals surface area (Å²) < 4.78 is 5.52. The fourth-order valence-electron chi connectivity index (χ4n) is 4.65. The first kappa shape index (κ1) is 17.7. The van der Waals surface area contributed by atoms with Crippen LogP contribution in [0.2, 0.25) is 0 Å². The van der Waals surface area contributed by atoms with Gasteiger partial charge in [-0.15, -0.1) is 0 Å². The second-order valence-electron chi connectivity index (χ2n) is 7.87. The van der Waals surface area contributed by atoms with E-state index in [1.54, 1.807) is 0 Å². The second-order valence-corrected chi connectivity index (χ2v) is 7.87. The molecule has 4 atom stereocenters. The van der Waals surface area contributed by atoms with Crippen molar-refractivity contribution in [3.8, 4) is 5.75 Å². The minimum absolute atomic E-state index is 0.0585. The molecule has 2 aliphatic carbocycles. The molecule has 4 heteroatoms. The van der Waals surface area contributed by atoms with E-state index >= 15 is 0 Å². The lowest BCUT2D eigenvalue weighted by atomic mass is 10.0. The molecule has 1 aromatic carbocycles. The smallest absolute Gasteiger partial charge is 0.119 e. The minimum Gasteiger partial charge on any atom is -0.491 e. The molecular weight excluding hydrogens is 300 g/mol. The average molecular weight is 332 g/mol. The van der Waals surface area contributed by atoms with Crippen molar-refractivity contribution in [3.05, 3.63) is 29.8 Å². The minimum atomic E-state index is 0.0585. The van der Waals surface area contributed by atoms with Crippen LogP contribution in [0.3, 0.4) is 0 Å². The molecule has 0 heterocycles. The van der Waals surface area contributed by atoms with E-state index in [0.717, 1.165) is 30.2 Å². The van der Waals surface area contributed by atoms with Crippen molar-refractivity contribution in [2.75, 3.05) is 34.4 Å². The lowest BCUT2D eigenvalue weighted by Crippen LogP contribution is -2.31. The molecule has 2 unspecified atom stereocenters. The molecule has 4 nitrogen and oxygen atoms in total. The van der Waals surface area contributed by atoms with Crippen molar-refractivity contribution < 1.29 is 9.84 Å². The summed E-state index contributed by atoms with van der Waals surface area (Å²) in [5, 5.41) is 8.88. The Labute approximate surface area is 146 Å². The van der Waals surface area contributed by atoms with Crippen LogP contribution < -0.4 is 4.74 Å². The topological polar surface area (TPSA) is 35.9 Å². The van der Waals surface area contributed by atoms with Gasteiger partial charge in [0.15, 0.2) is 0 Å². The van der Waals surface area contributed by atoms with Gasteiger partial charge in [0, 0.05) is 18.6 Å². The number of aliphatic hydroxyl groups excluding tert-OH is 1. The second kappa shape index (κ2) is 7.85. The zero-order valence-electron chi connectivity index (χ0n) is 15.3. The molecule has 3 rings (SSSR count). The van der Waals surface area contributed by atoms with Crippen LogP contribution in [0, 0.1) is 11.8 Å². The van der Waals surface area contributed by atoms with Crippen LogP contribution in [0.15, 0.2) is 24.3 Å². The Morgan fingerprint density at radius 2 is 1.71 bits per heavy atom. The molecule has 2 fully saturated rings. The van der Waals surface area contributed by atoms with Crippen LogP contribution in [-0.4, -0.2) is 61.3 Å². The molecule has 2 aliphatic rings. The first-order valence-corrected chi connectivity index (χ1v) is 9.26. The lowest BCUT2D eigenvalue weighted by Gasteiger charge is -2.27. The van der Waals surface area contributed by atoms with E-state index in [9.17, 15) is 0 Å². The van der Waals surface area contributed by atoms with Gasteiger partial charge in [-0.3, -0.25) is 4.90 Å².